The van der Waals surface area contributed by atoms with Crippen molar-refractivity contribution >= 4 is 6.29 Å². The first kappa shape index (κ1) is 14.6. The van der Waals surface area contributed by atoms with E-state index in [4.69, 9.17) is 0 Å². The summed E-state index contributed by atoms with van der Waals surface area (Å²) in [5.41, 5.74) is 3.26. The molecule has 0 spiro atoms. The van der Waals surface area contributed by atoms with Crippen LogP contribution in [0.1, 0.15) is 39.5 Å². The second kappa shape index (κ2) is 8.90. The third-order valence-corrected chi connectivity index (χ3v) is 2.44. The fourth-order valence-corrected chi connectivity index (χ4v) is 1.28. The van der Waals surface area contributed by atoms with Gasteiger partial charge in [0.1, 0.15) is 6.29 Å². The van der Waals surface area contributed by atoms with Crippen LogP contribution in [0, 0.1) is 0 Å². The molecule has 0 bridgehead atoms. The van der Waals surface area contributed by atoms with Gasteiger partial charge in [-0.25, -0.2) is 0 Å². The molecule has 0 aliphatic carbocycles. The van der Waals surface area contributed by atoms with Crippen LogP contribution in [-0.4, -0.2) is 6.29 Å². The highest BCUT2D eigenvalue weighted by Gasteiger charge is 1.91. The lowest BCUT2D eigenvalue weighted by molar-refractivity contribution is -0.104. The van der Waals surface area contributed by atoms with E-state index in [1.165, 1.54) is 5.57 Å². The fourth-order valence-electron chi connectivity index (χ4n) is 1.28. The predicted octanol–water partition coefficient (Wildman–Crippen LogP) is 4.38. The first-order chi connectivity index (χ1) is 7.60. The Morgan fingerprint density at radius 1 is 1.12 bits per heavy atom. The quantitative estimate of drug-likeness (QED) is 0.256. The molecule has 0 aromatic rings. The lowest BCUT2D eigenvalue weighted by atomic mass is 10.1. The van der Waals surface area contributed by atoms with Gasteiger partial charge in [-0.05, 0) is 45.1 Å². The molecular formula is C15H22O. The average molecular weight is 218 g/mol. The van der Waals surface area contributed by atoms with Crippen molar-refractivity contribution in [2.45, 2.75) is 39.5 Å². The minimum atomic E-state index is 0.813. The Kier molecular flexibility index (Phi) is 8.14. The zero-order valence-electron chi connectivity index (χ0n) is 10.5. The molecule has 0 saturated heterocycles. The van der Waals surface area contributed by atoms with Gasteiger partial charge in [0, 0.05) is 0 Å². The van der Waals surface area contributed by atoms with E-state index in [2.05, 4.69) is 26.2 Å². The van der Waals surface area contributed by atoms with Crippen LogP contribution in [0.3, 0.4) is 0 Å². The summed E-state index contributed by atoms with van der Waals surface area (Å²) in [5.74, 6) is 0. The van der Waals surface area contributed by atoms with Crippen molar-refractivity contribution in [3.63, 3.8) is 0 Å². The normalized spacial score (nSPS) is 12.4. The number of carbonyl (C=O) groups excluding carboxylic acids is 1. The van der Waals surface area contributed by atoms with Gasteiger partial charge in [-0.3, -0.25) is 4.79 Å². The Balaban J connectivity index is 3.83. The molecule has 0 aliphatic heterocycles. The lowest BCUT2D eigenvalue weighted by Crippen LogP contribution is -1.81. The van der Waals surface area contributed by atoms with Crippen LogP contribution in [0.15, 0.2) is 48.1 Å². The summed E-state index contributed by atoms with van der Waals surface area (Å²) in [6.45, 7) is 11.5. The molecule has 0 unspecified atom stereocenters. The van der Waals surface area contributed by atoms with Crippen LogP contribution in [0.25, 0.3) is 0 Å². The van der Waals surface area contributed by atoms with Gasteiger partial charge in [0.05, 0.1) is 0 Å². The highest BCUT2D eigenvalue weighted by atomic mass is 16.1. The molecule has 0 aromatic carbocycles. The standard InChI is InChI=1S/C15H22O/c1-5-13(2)8-6-9-14(3)10-7-11-15(4)12-16/h5,9,11-12H,1-2,6-8,10H2,3-4H3/b14-9+,15-11+. The first-order valence-corrected chi connectivity index (χ1v) is 5.68. The SMILES string of the molecule is C=CC(=C)CC/C=C(\C)CC/C=C(\C)C=O. The third kappa shape index (κ3) is 7.98. The average Bonchev–Trinajstić information content (AvgIpc) is 2.28. The molecule has 0 aliphatic rings. The molecule has 0 amide bonds. The van der Waals surface area contributed by atoms with Crippen molar-refractivity contribution in [3.05, 3.63) is 48.1 Å². The first-order valence-electron chi connectivity index (χ1n) is 5.68. The smallest absolute Gasteiger partial charge is 0.145 e. The van der Waals surface area contributed by atoms with Gasteiger partial charge >= 0.3 is 0 Å². The molecule has 0 aromatic heterocycles. The van der Waals surface area contributed by atoms with E-state index < -0.39 is 0 Å². The Labute approximate surface area is 99.3 Å². The van der Waals surface area contributed by atoms with Crippen LogP contribution in [0.5, 0.6) is 0 Å². The fraction of sp³-hybridized carbons (Fsp3) is 0.400. The topological polar surface area (TPSA) is 17.1 Å². The maximum Gasteiger partial charge on any atom is 0.145 e. The van der Waals surface area contributed by atoms with Crippen LogP contribution >= 0.6 is 0 Å². The number of carbonyl (C=O) groups is 1. The lowest BCUT2D eigenvalue weighted by Gasteiger charge is -1.99. The van der Waals surface area contributed by atoms with Crippen LogP contribution in [0.2, 0.25) is 0 Å². The van der Waals surface area contributed by atoms with E-state index in [1.807, 2.05) is 13.0 Å². The maximum absolute atomic E-state index is 10.4. The second-order valence-corrected chi connectivity index (χ2v) is 4.06. The summed E-state index contributed by atoms with van der Waals surface area (Å²) in [7, 11) is 0. The highest BCUT2D eigenvalue weighted by molar-refractivity contribution is 5.71. The molecule has 1 nitrogen and oxygen atoms in total. The minimum Gasteiger partial charge on any atom is -0.298 e. The van der Waals surface area contributed by atoms with E-state index >= 15 is 0 Å². The van der Waals surface area contributed by atoms with Gasteiger partial charge in [-0.2, -0.15) is 0 Å². The van der Waals surface area contributed by atoms with E-state index in [0.717, 1.165) is 43.1 Å². The Morgan fingerprint density at radius 2 is 1.75 bits per heavy atom. The summed E-state index contributed by atoms with van der Waals surface area (Å²) >= 11 is 0. The van der Waals surface area contributed by atoms with Crippen LogP contribution in [0.4, 0.5) is 0 Å². The number of rotatable bonds is 8. The number of allylic oxidation sites excluding steroid dienone is 6. The van der Waals surface area contributed by atoms with Crippen LogP contribution in [-0.2, 0) is 4.79 Å². The zero-order chi connectivity index (χ0) is 12.4. The molecule has 0 rings (SSSR count). The van der Waals surface area contributed by atoms with Crippen LogP contribution < -0.4 is 0 Å². The molecule has 0 fully saturated rings. The monoisotopic (exact) mass is 218 g/mol. The highest BCUT2D eigenvalue weighted by Crippen LogP contribution is 2.10. The molecule has 16 heavy (non-hydrogen) atoms. The molecule has 0 N–H and O–H groups in total. The van der Waals surface area contributed by atoms with Crippen molar-refractivity contribution in [1.82, 2.24) is 0 Å². The van der Waals surface area contributed by atoms with Gasteiger partial charge < -0.3 is 0 Å². The molecule has 88 valence electrons. The molecule has 0 atom stereocenters. The maximum atomic E-state index is 10.4. The van der Waals surface area contributed by atoms with E-state index in [0.29, 0.717) is 0 Å². The number of hydrogen-bond acceptors (Lipinski definition) is 1. The molecule has 0 radical (unpaired) electrons. The Bertz CT molecular complexity index is 305. The van der Waals surface area contributed by atoms with Gasteiger partial charge in [-0.15, -0.1) is 0 Å². The molecule has 0 heterocycles. The summed E-state index contributed by atoms with van der Waals surface area (Å²) in [6, 6.07) is 0. The Morgan fingerprint density at radius 3 is 2.31 bits per heavy atom. The van der Waals surface area contributed by atoms with Gasteiger partial charge in [0.15, 0.2) is 0 Å². The second-order valence-electron chi connectivity index (χ2n) is 4.06. The zero-order valence-corrected chi connectivity index (χ0v) is 10.5. The van der Waals surface area contributed by atoms with Gasteiger partial charge in [0.2, 0.25) is 0 Å². The van der Waals surface area contributed by atoms with E-state index in [9.17, 15) is 4.79 Å². The minimum absolute atomic E-state index is 0.813. The molecule has 0 saturated carbocycles. The predicted molar refractivity (Wildman–Crippen MR) is 71.4 cm³/mol. The van der Waals surface area contributed by atoms with E-state index in [1.54, 1.807) is 6.08 Å². The van der Waals surface area contributed by atoms with E-state index in [-0.39, 0.29) is 0 Å². The summed E-state index contributed by atoms with van der Waals surface area (Å²) in [4.78, 5) is 10.4. The van der Waals surface area contributed by atoms with Gasteiger partial charge in [0.25, 0.3) is 0 Å². The van der Waals surface area contributed by atoms with Crippen molar-refractivity contribution in [2.24, 2.45) is 0 Å². The Hall–Kier alpha value is -1.37. The van der Waals surface area contributed by atoms with Crippen molar-refractivity contribution in [2.75, 3.05) is 0 Å². The van der Waals surface area contributed by atoms with Crippen molar-refractivity contribution in [1.29, 1.82) is 0 Å². The molecular weight excluding hydrogens is 196 g/mol. The summed E-state index contributed by atoms with van der Waals surface area (Å²) in [6.07, 6.45) is 10.9. The third-order valence-electron chi connectivity index (χ3n) is 2.44. The van der Waals surface area contributed by atoms with Crippen molar-refractivity contribution < 1.29 is 4.79 Å². The van der Waals surface area contributed by atoms with Gasteiger partial charge in [-0.1, -0.05) is 42.5 Å². The van der Waals surface area contributed by atoms with Crippen molar-refractivity contribution in [3.8, 4) is 0 Å². The summed E-state index contributed by atoms with van der Waals surface area (Å²) < 4.78 is 0. The summed E-state index contributed by atoms with van der Waals surface area (Å²) in [5, 5.41) is 0. The molecule has 1 heteroatoms. The number of aldehydes is 1. The number of hydrogen-bond donors (Lipinski definition) is 0. The largest absolute Gasteiger partial charge is 0.298 e.